The molecule has 3 rings (SSSR count). The Bertz CT molecular complexity index is 1200. The minimum absolute atomic E-state index is 0.275. The van der Waals surface area contributed by atoms with Gasteiger partial charge in [0, 0.05) is 5.02 Å². The predicted octanol–water partition coefficient (Wildman–Crippen LogP) is 7.17. The molecule has 0 spiro atoms. The van der Waals surface area contributed by atoms with Crippen LogP contribution in [0.5, 0.6) is 17.4 Å². The molecule has 0 amide bonds. The van der Waals surface area contributed by atoms with Crippen LogP contribution in [0.3, 0.4) is 0 Å². The summed E-state index contributed by atoms with van der Waals surface area (Å²) in [4.78, 5) is 21.2. The molecule has 0 saturated heterocycles. The number of ether oxygens (including phenoxy) is 3. The van der Waals surface area contributed by atoms with Gasteiger partial charge in [-0.25, -0.2) is 14.8 Å². The maximum absolute atomic E-state index is 12.9. The quantitative estimate of drug-likeness (QED) is 0.110. The van der Waals surface area contributed by atoms with E-state index in [1.54, 1.807) is 49.4 Å². The van der Waals surface area contributed by atoms with Crippen LogP contribution in [0.15, 0.2) is 48.7 Å². The summed E-state index contributed by atoms with van der Waals surface area (Å²) in [5.41, 5.74) is 1.33. The fourth-order valence-corrected chi connectivity index (χ4v) is 4.53. The fourth-order valence-electron chi connectivity index (χ4n) is 3.04. The summed E-state index contributed by atoms with van der Waals surface area (Å²) >= 11 is 5.98. The highest BCUT2D eigenvalue weighted by Gasteiger charge is 2.28. The molecule has 0 fully saturated rings. The minimum atomic E-state index is -3.55. The summed E-state index contributed by atoms with van der Waals surface area (Å²) in [7, 11) is -3.55. The van der Waals surface area contributed by atoms with Crippen LogP contribution in [0, 0.1) is 0 Å². The second kappa shape index (κ2) is 14.3. The van der Waals surface area contributed by atoms with E-state index in [0.717, 1.165) is 25.7 Å². The van der Waals surface area contributed by atoms with E-state index in [0.29, 0.717) is 33.4 Å². The van der Waals surface area contributed by atoms with E-state index in [1.165, 1.54) is 6.20 Å². The number of rotatable bonds is 15. The molecule has 0 radical (unpaired) electrons. The molecule has 0 saturated carbocycles. The Labute approximate surface area is 221 Å². The number of aromatic nitrogens is 2. The molecule has 1 atom stereocenters. The Morgan fingerprint density at radius 1 is 0.973 bits per heavy atom. The average Bonchev–Trinajstić information content (AvgIpc) is 2.89. The van der Waals surface area contributed by atoms with Gasteiger partial charge in [-0.2, -0.15) is 0 Å². The lowest BCUT2D eigenvalue weighted by molar-refractivity contribution is -0.149. The molecular formula is C26H32ClN2O7P. The zero-order valence-electron chi connectivity index (χ0n) is 21.2. The van der Waals surface area contributed by atoms with Crippen molar-refractivity contribution in [3.8, 4) is 17.4 Å². The Kier molecular flexibility index (Phi) is 11.1. The molecule has 11 heteroatoms. The highest BCUT2D eigenvalue weighted by Crippen LogP contribution is 2.48. The molecule has 200 valence electrons. The van der Waals surface area contributed by atoms with Crippen molar-refractivity contribution in [2.24, 2.45) is 0 Å². The van der Waals surface area contributed by atoms with Crippen molar-refractivity contribution in [2.45, 2.75) is 52.6 Å². The fraction of sp³-hybridized carbons (Fsp3) is 0.423. The first-order chi connectivity index (χ1) is 17.8. The third-order valence-electron chi connectivity index (χ3n) is 5.11. The molecule has 1 unspecified atom stereocenters. The lowest BCUT2D eigenvalue weighted by atomic mass is 10.3. The van der Waals surface area contributed by atoms with E-state index in [4.69, 9.17) is 34.9 Å². The van der Waals surface area contributed by atoms with Crippen LogP contribution >= 0.6 is 19.2 Å². The number of fused-ring (bicyclic) bond motifs is 1. The van der Waals surface area contributed by atoms with Gasteiger partial charge in [0.05, 0.1) is 30.4 Å². The van der Waals surface area contributed by atoms with E-state index in [-0.39, 0.29) is 13.2 Å². The summed E-state index contributed by atoms with van der Waals surface area (Å²) in [5.74, 6) is 0.592. The topological polar surface area (TPSA) is 106 Å². The molecule has 0 N–H and O–H groups in total. The van der Waals surface area contributed by atoms with Crippen LogP contribution in [-0.4, -0.2) is 41.6 Å². The molecule has 0 aliphatic carbocycles. The normalized spacial score (nSPS) is 12.3. The van der Waals surface area contributed by atoms with Gasteiger partial charge in [0.15, 0.2) is 12.5 Å². The largest absolute Gasteiger partial charge is 0.479 e. The summed E-state index contributed by atoms with van der Waals surface area (Å²) in [6.07, 6.45) is 3.34. The third-order valence-corrected chi connectivity index (χ3v) is 6.94. The Balaban J connectivity index is 1.52. The maximum Gasteiger partial charge on any atom is 0.367 e. The number of hydrogen-bond donors (Lipinski definition) is 0. The number of nitrogens with zero attached hydrogens (tertiary/aromatic N) is 2. The smallest absolute Gasteiger partial charge is 0.367 e. The van der Waals surface area contributed by atoms with Crippen LogP contribution in [0.1, 0.15) is 46.5 Å². The molecule has 3 aromatic rings. The van der Waals surface area contributed by atoms with Crippen LogP contribution in [-0.2, 0) is 23.1 Å². The van der Waals surface area contributed by atoms with Gasteiger partial charge in [-0.1, -0.05) is 38.3 Å². The molecule has 1 heterocycles. The Morgan fingerprint density at radius 3 is 2.27 bits per heavy atom. The van der Waals surface area contributed by atoms with E-state index in [2.05, 4.69) is 9.97 Å². The van der Waals surface area contributed by atoms with Crippen LogP contribution in [0.4, 0.5) is 0 Å². The first kappa shape index (κ1) is 28.9. The molecule has 0 aliphatic rings. The SMILES string of the molecule is CCCCOP(=O)(COC(=O)C(C)Oc1ccc(Oc2cnc3cc(Cl)ccc3n2)cc1)OCCCC. The number of esters is 1. The van der Waals surface area contributed by atoms with E-state index in [1.807, 2.05) is 13.8 Å². The lowest BCUT2D eigenvalue weighted by Crippen LogP contribution is -2.26. The second-order valence-electron chi connectivity index (χ2n) is 8.25. The lowest BCUT2D eigenvalue weighted by Gasteiger charge is -2.20. The van der Waals surface area contributed by atoms with Gasteiger partial charge in [0.25, 0.3) is 0 Å². The van der Waals surface area contributed by atoms with E-state index in [9.17, 15) is 9.36 Å². The van der Waals surface area contributed by atoms with Crippen molar-refractivity contribution >= 4 is 36.2 Å². The Hall–Kier alpha value is -2.71. The molecule has 1 aromatic heterocycles. The minimum Gasteiger partial charge on any atom is -0.479 e. The van der Waals surface area contributed by atoms with Crippen LogP contribution in [0.25, 0.3) is 11.0 Å². The van der Waals surface area contributed by atoms with Crippen molar-refractivity contribution in [3.05, 3.63) is 53.7 Å². The van der Waals surface area contributed by atoms with Crippen molar-refractivity contribution in [1.29, 1.82) is 0 Å². The average molecular weight is 551 g/mol. The van der Waals surface area contributed by atoms with Gasteiger partial charge in [-0.05, 0) is 62.2 Å². The van der Waals surface area contributed by atoms with Gasteiger partial charge in [0.1, 0.15) is 11.5 Å². The zero-order valence-corrected chi connectivity index (χ0v) is 22.9. The van der Waals surface area contributed by atoms with E-state index >= 15 is 0 Å². The Morgan fingerprint density at radius 2 is 1.62 bits per heavy atom. The number of carbonyl (C=O) groups excluding carboxylic acids is 1. The molecular weight excluding hydrogens is 519 g/mol. The van der Waals surface area contributed by atoms with Crippen molar-refractivity contribution in [1.82, 2.24) is 9.97 Å². The summed E-state index contributed by atoms with van der Waals surface area (Å²) < 4.78 is 40.5. The van der Waals surface area contributed by atoms with Crippen LogP contribution < -0.4 is 9.47 Å². The number of unbranched alkanes of at least 4 members (excludes halogenated alkanes) is 2. The molecule has 0 bridgehead atoms. The predicted molar refractivity (Wildman–Crippen MR) is 141 cm³/mol. The summed E-state index contributed by atoms with van der Waals surface area (Å²) in [6, 6.07) is 11.9. The maximum atomic E-state index is 12.9. The molecule has 9 nitrogen and oxygen atoms in total. The van der Waals surface area contributed by atoms with E-state index < -0.39 is 26.0 Å². The number of halogens is 1. The van der Waals surface area contributed by atoms with Crippen molar-refractivity contribution < 1.29 is 32.6 Å². The second-order valence-corrected chi connectivity index (χ2v) is 10.7. The van der Waals surface area contributed by atoms with Gasteiger partial charge >= 0.3 is 13.6 Å². The monoisotopic (exact) mass is 550 g/mol. The molecule has 0 aliphatic heterocycles. The first-order valence-corrected chi connectivity index (χ1v) is 14.3. The zero-order chi connectivity index (χ0) is 26.7. The van der Waals surface area contributed by atoms with Gasteiger partial charge in [-0.15, -0.1) is 0 Å². The van der Waals surface area contributed by atoms with Crippen molar-refractivity contribution in [3.63, 3.8) is 0 Å². The summed E-state index contributed by atoms with van der Waals surface area (Å²) in [6.45, 7) is 6.09. The first-order valence-electron chi connectivity index (χ1n) is 12.2. The highest BCUT2D eigenvalue weighted by atomic mass is 35.5. The number of hydrogen-bond acceptors (Lipinski definition) is 9. The van der Waals surface area contributed by atoms with Gasteiger partial charge in [0.2, 0.25) is 5.88 Å². The summed E-state index contributed by atoms with van der Waals surface area (Å²) in [5, 5.41) is 0.582. The van der Waals surface area contributed by atoms with Crippen LogP contribution in [0.2, 0.25) is 5.02 Å². The molecule has 2 aromatic carbocycles. The third kappa shape index (κ3) is 9.27. The standard InChI is InChI=1S/C26H32ClN2O7P/c1-4-6-14-33-37(31,34-15-7-5-2)18-32-26(30)19(3)35-21-9-11-22(12-10-21)36-25-17-28-24-16-20(27)8-13-23(24)29-25/h8-13,16-17,19H,4-7,14-15,18H2,1-3H3. The molecule has 37 heavy (non-hydrogen) atoms. The number of benzene rings is 2. The van der Waals surface area contributed by atoms with Gasteiger partial charge < -0.3 is 23.3 Å². The van der Waals surface area contributed by atoms with Crippen molar-refractivity contribution in [2.75, 3.05) is 19.6 Å². The number of carbonyl (C=O) groups is 1. The highest BCUT2D eigenvalue weighted by molar-refractivity contribution is 7.53. The van der Waals surface area contributed by atoms with Gasteiger partial charge in [-0.3, -0.25) is 4.57 Å².